The highest BCUT2D eigenvalue weighted by Crippen LogP contribution is 2.27. The second kappa shape index (κ2) is 10.6. The number of amides is 3. The van der Waals surface area contributed by atoms with Gasteiger partial charge in [-0.2, -0.15) is 0 Å². The Hall–Kier alpha value is -4.14. The molecule has 2 aromatic carbocycles. The van der Waals surface area contributed by atoms with Crippen LogP contribution in [0.5, 0.6) is 0 Å². The average Bonchev–Trinajstić information content (AvgIpc) is 3.32. The highest BCUT2D eigenvalue weighted by molar-refractivity contribution is 6.45. The number of H-pyrrole nitrogens is 1. The number of aromatic nitrogens is 1. The van der Waals surface area contributed by atoms with Crippen LogP contribution in [0.15, 0.2) is 54.7 Å². The van der Waals surface area contributed by atoms with Crippen molar-refractivity contribution in [2.75, 3.05) is 31.6 Å². The number of ketones is 1. The molecule has 1 aliphatic heterocycles. The summed E-state index contributed by atoms with van der Waals surface area (Å²) in [7, 11) is 0. The molecule has 1 fully saturated rings. The molecule has 0 saturated carbocycles. The number of Topliss-reactive ketones (excluding diaryl/α,β-unsaturated/α-hetero) is 1. The van der Waals surface area contributed by atoms with Crippen molar-refractivity contribution in [3.63, 3.8) is 0 Å². The quantitative estimate of drug-likeness (QED) is 0.402. The van der Waals surface area contributed by atoms with Crippen LogP contribution in [-0.2, 0) is 9.53 Å². The van der Waals surface area contributed by atoms with Crippen molar-refractivity contribution in [2.45, 2.75) is 26.8 Å². The van der Waals surface area contributed by atoms with Gasteiger partial charge in [0.2, 0.25) is 0 Å². The largest absolute Gasteiger partial charge is 0.449 e. The second-order valence-electron chi connectivity index (χ2n) is 9.34. The third-order valence-electron chi connectivity index (χ3n) is 6.14. The van der Waals surface area contributed by atoms with Crippen LogP contribution in [0.4, 0.5) is 10.5 Å². The fourth-order valence-corrected chi connectivity index (χ4v) is 4.29. The first-order chi connectivity index (χ1) is 17.3. The van der Waals surface area contributed by atoms with Crippen LogP contribution >= 0.6 is 0 Å². The fraction of sp³-hybridized carbons (Fsp3) is 0.333. The van der Waals surface area contributed by atoms with Crippen molar-refractivity contribution in [3.8, 4) is 0 Å². The summed E-state index contributed by atoms with van der Waals surface area (Å²) in [6, 6.07) is 13.8. The van der Waals surface area contributed by atoms with E-state index in [1.54, 1.807) is 35.2 Å². The van der Waals surface area contributed by atoms with Crippen LogP contribution in [0.25, 0.3) is 10.9 Å². The van der Waals surface area contributed by atoms with Crippen molar-refractivity contribution >= 4 is 40.3 Å². The number of anilines is 1. The van der Waals surface area contributed by atoms with Gasteiger partial charge in [-0.05, 0) is 31.0 Å². The summed E-state index contributed by atoms with van der Waals surface area (Å²) < 4.78 is 5.17. The minimum absolute atomic E-state index is 0.0931. The van der Waals surface area contributed by atoms with Gasteiger partial charge in [0.25, 0.3) is 17.6 Å². The molecule has 0 bridgehead atoms. The second-order valence-corrected chi connectivity index (χ2v) is 9.34. The molecule has 3 amide bonds. The van der Waals surface area contributed by atoms with E-state index in [0.717, 1.165) is 0 Å². The molecule has 0 radical (unpaired) electrons. The Morgan fingerprint density at radius 1 is 1.06 bits per heavy atom. The predicted octanol–water partition coefficient (Wildman–Crippen LogP) is 3.93. The van der Waals surface area contributed by atoms with E-state index < -0.39 is 17.8 Å². The number of rotatable bonds is 6. The Labute approximate surface area is 209 Å². The van der Waals surface area contributed by atoms with Crippen molar-refractivity contribution in [2.24, 2.45) is 5.92 Å². The molecule has 1 saturated heterocycles. The van der Waals surface area contributed by atoms with Gasteiger partial charge in [0.1, 0.15) is 0 Å². The number of para-hydroxylation sites is 1. The minimum Gasteiger partial charge on any atom is -0.449 e. The third-order valence-corrected chi connectivity index (χ3v) is 6.14. The Bertz CT molecular complexity index is 1280. The summed E-state index contributed by atoms with van der Waals surface area (Å²) in [4.78, 5) is 57.5. The number of ether oxygens (including phenoxy) is 1. The minimum atomic E-state index is -0.643. The topological polar surface area (TPSA) is 112 Å². The summed E-state index contributed by atoms with van der Waals surface area (Å²) in [5.74, 6) is -1.15. The van der Waals surface area contributed by atoms with Crippen LogP contribution in [-0.4, -0.2) is 70.8 Å². The van der Waals surface area contributed by atoms with Gasteiger partial charge < -0.3 is 19.5 Å². The number of hydrogen-bond donors (Lipinski definition) is 2. The van der Waals surface area contributed by atoms with Crippen molar-refractivity contribution in [1.82, 2.24) is 14.8 Å². The van der Waals surface area contributed by atoms with Gasteiger partial charge in [0.05, 0.1) is 23.4 Å². The first-order valence-electron chi connectivity index (χ1n) is 12.0. The van der Waals surface area contributed by atoms with Gasteiger partial charge in [-0.3, -0.25) is 19.7 Å². The van der Waals surface area contributed by atoms with Crippen molar-refractivity contribution in [1.29, 1.82) is 0 Å². The van der Waals surface area contributed by atoms with Gasteiger partial charge in [-0.1, -0.05) is 44.2 Å². The maximum Gasteiger partial charge on any atom is 0.411 e. The van der Waals surface area contributed by atoms with E-state index in [1.165, 1.54) is 11.1 Å². The Kier molecular flexibility index (Phi) is 7.38. The molecule has 1 aliphatic rings. The van der Waals surface area contributed by atoms with E-state index in [-0.39, 0.29) is 36.6 Å². The number of aromatic amines is 1. The van der Waals surface area contributed by atoms with Crippen LogP contribution in [0.2, 0.25) is 0 Å². The van der Waals surface area contributed by atoms with E-state index in [9.17, 15) is 19.2 Å². The highest BCUT2D eigenvalue weighted by Gasteiger charge is 2.34. The molecule has 188 valence electrons. The smallest absolute Gasteiger partial charge is 0.411 e. The number of fused-ring (bicyclic) bond motifs is 1. The molecule has 9 heteroatoms. The fourth-order valence-electron chi connectivity index (χ4n) is 4.29. The van der Waals surface area contributed by atoms with Gasteiger partial charge in [0, 0.05) is 42.8 Å². The summed E-state index contributed by atoms with van der Waals surface area (Å²) in [6.45, 7) is 6.94. The molecule has 1 atom stereocenters. The van der Waals surface area contributed by atoms with Crippen molar-refractivity contribution in [3.05, 3.63) is 65.9 Å². The predicted molar refractivity (Wildman–Crippen MR) is 136 cm³/mol. The molecule has 36 heavy (non-hydrogen) atoms. The summed E-state index contributed by atoms with van der Waals surface area (Å²) in [5.41, 5.74) is 1.80. The van der Waals surface area contributed by atoms with E-state index in [2.05, 4.69) is 10.3 Å². The molecule has 4 rings (SSSR count). The SMILES string of the molecule is CC(C)COC(=O)Nc1cccc2c(C(=O)C(=O)N3CCN(C(=O)c4ccccc4)CC3C)c[nH]c12. The third kappa shape index (κ3) is 5.25. The molecule has 0 aliphatic carbocycles. The van der Waals surface area contributed by atoms with Gasteiger partial charge >= 0.3 is 6.09 Å². The first-order valence-corrected chi connectivity index (χ1v) is 12.0. The molecule has 2 heterocycles. The maximum atomic E-state index is 13.2. The van der Waals surface area contributed by atoms with E-state index in [4.69, 9.17) is 4.74 Å². The van der Waals surface area contributed by atoms with Crippen LogP contribution < -0.4 is 5.32 Å². The Morgan fingerprint density at radius 2 is 1.81 bits per heavy atom. The van der Waals surface area contributed by atoms with Crippen LogP contribution in [0.1, 0.15) is 41.5 Å². The van der Waals surface area contributed by atoms with E-state index >= 15 is 0 Å². The van der Waals surface area contributed by atoms with Crippen LogP contribution in [0, 0.1) is 5.92 Å². The molecular formula is C27H30N4O5. The molecular weight excluding hydrogens is 460 g/mol. The first kappa shape index (κ1) is 25.0. The maximum absolute atomic E-state index is 13.2. The van der Waals surface area contributed by atoms with Crippen LogP contribution in [0.3, 0.4) is 0 Å². The molecule has 3 aromatic rings. The summed E-state index contributed by atoms with van der Waals surface area (Å²) in [6.07, 6.45) is 0.890. The number of nitrogens with zero attached hydrogens (tertiary/aromatic N) is 2. The zero-order valence-electron chi connectivity index (χ0n) is 20.6. The lowest BCUT2D eigenvalue weighted by atomic mass is 10.1. The number of nitrogens with one attached hydrogen (secondary N) is 2. The number of hydrogen-bond acceptors (Lipinski definition) is 5. The number of piperazine rings is 1. The molecule has 1 unspecified atom stereocenters. The lowest BCUT2D eigenvalue weighted by Crippen LogP contribution is -2.56. The van der Waals surface area contributed by atoms with Crippen molar-refractivity contribution < 1.29 is 23.9 Å². The normalized spacial score (nSPS) is 15.7. The summed E-state index contributed by atoms with van der Waals surface area (Å²) in [5, 5.41) is 3.21. The molecule has 2 N–H and O–H groups in total. The molecule has 1 aromatic heterocycles. The van der Waals surface area contributed by atoms with Gasteiger partial charge in [-0.15, -0.1) is 0 Å². The average molecular weight is 491 g/mol. The number of carbonyl (C=O) groups is 4. The standard InChI is InChI=1S/C27H30N4O5/c1-17(2)16-36-27(35)29-22-11-7-10-20-21(14-28-23(20)22)24(32)26(34)31-13-12-30(15-18(31)3)25(33)19-8-5-4-6-9-19/h4-11,14,17-18,28H,12-13,15-16H2,1-3H3,(H,29,35). The Morgan fingerprint density at radius 3 is 2.50 bits per heavy atom. The monoisotopic (exact) mass is 490 g/mol. The molecule has 0 spiro atoms. The van der Waals surface area contributed by atoms with Gasteiger partial charge in [0.15, 0.2) is 0 Å². The zero-order chi connectivity index (χ0) is 25.8. The zero-order valence-corrected chi connectivity index (χ0v) is 20.6. The van der Waals surface area contributed by atoms with E-state index in [1.807, 2.05) is 39.0 Å². The lowest BCUT2D eigenvalue weighted by Gasteiger charge is -2.39. The number of carbonyl (C=O) groups excluding carboxylic acids is 4. The number of benzene rings is 2. The van der Waals surface area contributed by atoms with Gasteiger partial charge in [-0.25, -0.2) is 4.79 Å². The lowest BCUT2D eigenvalue weighted by molar-refractivity contribution is -0.130. The van der Waals surface area contributed by atoms with E-state index in [0.29, 0.717) is 35.2 Å². The molecule has 9 nitrogen and oxygen atoms in total. The Balaban J connectivity index is 1.45. The highest BCUT2D eigenvalue weighted by atomic mass is 16.5. The summed E-state index contributed by atoms with van der Waals surface area (Å²) >= 11 is 0.